The molecule has 0 atom stereocenters. The number of rotatable bonds is 3. The van der Waals surface area contributed by atoms with Crippen LogP contribution in [-0.4, -0.2) is 11.6 Å². The standard InChI is InChI=1S/C9H12NO/c1-8(2)7-11-9-4-3-5-10-6-9/h3-5,8H,7H2,1-2H3. The molecular formula is C9H12NO. The first-order valence-electron chi connectivity index (χ1n) is 3.74. The van der Waals surface area contributed by atoms with Crippen LogP contribution in [0.1, 0.15) is 13.8 Å². The highest BCUT2D eigenvalue weighted by Crippen LogP contribution is 2.06. The van der Waals surface area contributed by atoms with Crippen LogP contribution in [0.5, 0.6) is 5.75 Å². The van der Waals surface area contributed by atoms with E-state index in [0.717, 1.165) is 12.4 Å². The van der Waals surface area contributed by atoms with Crippen molar-refractivity contribution in [3.63, 3.8) is 0 Å². The molecule has 1 heterocycles. The van der Waals surface area contributed by atoms with Gasteiger partial charge in [-0.25, -0.2) is 0 Å². The van der Waals surface area contributed by atoms with Crippen molar-refractivity contribution in [1.82, 2.24) is 4.98 Å². The van der Waals surface area contributed by atoms with Crippen molar-refractivity contribution < 1.29 is 4.74 Å². The predicted octanol–water partition coefficient (Wildman–Crippen LogP) is 1.92. The molecule has 1 rings (SSSR count). The lowest BCUT2D eigenvalue weighted by Gasteiger charge is -2.06. The van der Waals surface area contributed by atoms with Crippen molar-refractivity contribution in [3.05, 3.63) is 24.5 Å². The average Bonchev–Trinajstić information content (AvgIpc) is 2.03. The van der Waals surface area contributed by atoms with Crippen molar-refractivity contribution in [1.29, 1.82) is 0 Å². The van der Waals surface area contributed by atoms with Gasteiger partial charge in [0.15, 0.2) is 0 Å². The van der Waals surface area contributed by atoms with E-state index in [1.54, 1.807) is 6.20 Å². The maximum absolute atomic E-state index is 5.35. The summed E-state index contributed by atoms with van der Waals surface area (Å²) in [5.41, 5.74) is 0. The Morgan fingerprint density at radius 2 is 2.45 bits per heavy atom. The lowest BCUT2D eigenvalue weighted by molar-refractivity contribution is 0.269. The summed E-state index contributed by atoms with van der Waals surface area (Å²) in [6.07, 6.45) is 4.43. The number of pyridine rings is 1. The van der Waals surface area contributed by atoms with Gasteiger partial charge in [0.1, 0.15) is 11.9 Å². The van der Waals surface area contributed by atoms with Crippen molar-refractivity contribution in [2.45, 2.75) is 13.8 Å². The first-order chi connectivity index (χ1) is 5.29. The Bertz CT molecular complexity index is 196. The van der Waals surface area contributed by atoms with Gasteiger partial charge in [-0.1, -0.05) is 13.8 Å². The third-order valence-electron chi connectivity index (χ3n) is 1.16. The van der Waals surface area contributed by atoms with Gasteiger partial charge in [-0.05, 0) is 18.1 Å². The molecule has 0 saturated carbocycles. The Hall–Kier alpha value is -1.05. The Balaban J connectivity index is 2.39. The topological polar surface area (TPSA) is 22.1 Å². The number of ether oxygens (including phenoxy) is 1. The highest BCUT2D eigenvalue weighted by atomic mass is 16.5. The van der Waals surface area contributed by atoms with Crippen molar-refractivity contribution in [2.24, 2.45) is 5.92 Å². The molecule has 1 aromatic rings. The normalized spacial score (nSPS) is 10.1. The zero-order chi connectivity index (χ0) is 8.10. The molecule has 0 aliphatic rings. The number of hydrogen-bond donors (Lipinski definition) is 0. The van der Waals surface area contributed by atoms with Crippen LogP contribution >= 0.6 is 0 Å². The Kier molecular flexibility index (Phi) is 2.90. The van der Waals surface area contributed by atoms with Crippen molar-refractivity contribution in [2.75, 3.05) is 6.61 Å². The zero-order valence-corrected chi connectivity index (χ0v) is 6.87. The van der Waals surface area contributed by atoms with Crippen LogP contribution in [0.25, 0.3) is 0 Å². The molecule has 2 heteroatoms. The number of nitrogens with zero attached hydrogens (tertiary/aromatic N) is 1. The molecule has 0 aromatic carbocycles. The summed E-state index contributed by atoms with van der Waals surface area (Å²) in [6, 6.07) is 3.70. The van der Waals surface area contributed by atoms with Crippen LogP contribution in [0.15, 0.2) is 18.3 Å². The van der Waals surface area contributed by atoms with Crippen LogP contribution in [-0.2, 0) is 0 Å². The minimum atomic E-state index is 0.545. The molecule has 0 amide bonds. The maximum Gasteiger partial charge on any atom is 0.147 e. The summed E-state index contributed by atoms with van der Waals surface area (Å²) in [6.45, 7) is 4.94. The molecule has 0 fully saturated rings. The molecule has 0 unspecified atom stereocenters. The van der Waals surface area contributed by atoms with Crippen molar-refractivity contribution in [3.8, 4) is 5.75 Å². The molecular weight excluding hydrogens is 138 g/mol. The summed E-state index contributed by atoms with van der Waals surface area (Å²) in [4.78, 5) is 3.81. The maximum atomic E-state index is 5.35. The molecule has 1 radical (unpaired) electrons. The fraction of sp³-hybridized carbons (Fsp3) is 0.444. The van der Waals surface area contributed by atoms with E-state index in [0.29, 0.717) is 5.92 Å². The zero-order valence-electron chi connectivity index (χ0n) is 6.87. The first-order valence-corrected chi connectivity index (χ1v) is 3.74. The SMILES string of the molecule is CC(C)COc1[c]nccc1. The number of aromatic nitrogens is 1. The third kappa shape index (κ3) is 3.03. The second-order valence-electron chi connectivity index (χ2n) is 2.82. The van der Waals surface area contributed by atoms with E-state index in [9.17, 15) is 0 Å². The van der Waals surface area contributed by atoms with Crippen LogP contribution in [0.2, 0.25) is 0 Å². The van der Waals surface area contributed by atoms with Gasteiger partial charge < -0.3 is 4.74 Å². The van der Waals surface area contributed by atoms with E-state index in [2.05, 4.69) is 25.0 Å². The summed E-state index contributed by atoms with van der Waals surface area (Å²) in [7, 11) is 0. The van der Waals surface area contributed by atoms with E-state index in [1.165, 1.54) is 0 Å². The molecule has 0 N–H and O–H groups in total. The van der Waals surface area contributed by atoms with Crippen molar-refractivity contribution >= 4 is 0 Å². The van der Waals surface area contributed by atoms with E-state index < -0.39 is 0 Å². The van der Waals surface area contributed by atoms with E-state index in [1.807, 2.05) is 12.1 Å². The second kappa shape index (κ2) is 3.96. The van der Waals surface area contributed by atoms with Gasteiger partial charge in [0, 0.05) is 6.20 Å². The van der Waals surface area contributed by atoms with Gasteiger partial charge in [-0.15, -0.1) is 0 Å². The minimum absolute atomic E-state index is 0.545. The minimum Gasteiger partial charge on any atom is -0.491 e. The van der Waals surface area contributed by atoms with Gasteiger partial charge >= 0.3 is 0 Å². The Labute approximate surface area is 67.2 Å². The smallest absolute Gasteiger partial charge is 0.147 e. The van der Waals surface area contributed by atoms with Gasteiger partial charge in [-0.3, -0.25) is 4.98 Å². The van der Waals surface area contributed by atoms with Crippen LogP contribution < -0.4 is 4.74 Å². The molecule has 0 spiro atoms. The fourth-order valence-corrected chi connectivity index (χ4v) is 0.648. The number of hydrogen-bond acceptors (Lipinski definition) is 2. The van der Waals surface area contributed by atoms with E-state index in [4.69, 9.17) is 4.74 Å². The summed E-state index contributed by atoms with van der Waals surface area (Å²) < 4.78 is 5.35. The second-order valence-corrected chi connectivity index (χ2v) is 2.82. The van der Waals surface area contributed by atoms with Crippen LogP contribution in [0.3, 0.4) is 0 Å². The van der Waals surface area contributed by atoms with Crippen LogP contribution in [0, 0.1) is 12.1 Å². The molecule has 1 aromatic heterocycles. The fourth-order valence-electron chi connectivity index (χ4n) is 0.648. The predicted molar refractivity (Wildman–Crippen MR) is 43.4 cm³/mol. The molecule has 2 nitrogen and oxygen atoms in total. The van der Waals surface area contributed by atoms with Gasteiger partial charge in [0.2, 0.25) is 0 Å². The van der Waals surface area contributed by atoms with E-state index >= 15 is 0 Å². The highest BCUT2D eigenvalue weighted by molar-refractivity contribution is 5.13. The molecule has 59 valence electrons. The van der Waals surface area contributed by atoms with Gasteiger partial charge in [0.25, 0.3) is 0 Å². The summed E-state index contributed by atoms with van der Waals surface area (Å²) >= 11 is 0. The molecule has 0 saturated heterocycles. The summed E-state index contributed by atoms with van der Waals surface area (Å²) in [5, 5.41) is 0. The molecule has 0 bridgehead atoms. The highest BCUT2D eigenvalue weighted by Gasteiger charge is 1.95. The monoisotopic (exact) mass is 150 g/mol. The Morgan fingerprint density at radius 1 is 1.64 bits per heavy atom. The van der Waals surface area contributed by atoms with Gasteiger partial charge in [0.05, 0.1) is 6.61 Å². The molecule has 0 aliphatic heterocycles. The third-order valence-corrected chi connectivity index (χ3v) is 1.16. The van der Waals surface area contributed by atoms with E-state index in [-0.39, 0.29) is 0 Å². The lowest BCUT2D eigenvalue weighted by atomic mass is 10.2. The molecule has 11 heavy (non-hydrogen) atoms. The average molecular weight is 150 g/mol. The summed E-state index contributed by atoms with van der Waals surface area (Å²) in [5.74, 6) is 1.27. The Morgan fingerprint density at radius 3 is 3.00 bits per heavy atom. The lowest BCUT2D eigenvalue weighted by Crippen LogP contribution is -2.04. The van der Waals surface area contributed by atoms with Crippen LogP contribution in [0.4, 0.5) is 0 Å². The first kappa shape index (κ1) is 8.05. The quantitative estimate of drug-likeness (QED) is 0.656. The largest absolute Gasteiger partial charge is 0.491 e. The molecule has 0 aliphatic carbocycles. The van der Waals surface area contributed by atoms with Gasteiger partial charge in [-0.2, -0.15) is 0 Å².